The Labute approximate surface area is 164 Å². The van der Waals surface area contributed by atoms with Crippen LogP contribution in [-0.2, 0) is 20.6 Å². The van der Waals surface area contributed by atoms with Gasteiger partial charge in [0.1, 0.15) is 0 Å². The van der Waals surface area contributed by atoms with Gasteiger partial charge in [-0.05, 0) is 49.2 Å². The molecular weight excluding hydrogens is 387 g/mol. The number of anilines is 3. The van der Waals surface area contributed by atoms with E-state index in [-0.39, 0.29) is 11.6 Å². The Morgan fingerprint density at radius 1 is 1.00 bits per heavy atom. The van der Waals surface area contributed by atoms with Crippen LogP contribution in [0.5, 0.6) is 0 Å². The number of amides is 3. The van der Waals surface area contributed by atoms with Gasteiger partial charge in [-0.3, -0.25) is 14.4 Å². The fourth-order valence-electron chi connectivity index (χ4n) is 3.03. The van der Waals surface area contributed by atoms with Gasteiger partial charge in [-0.2, -0.15) is 13.2 Å². The van der Waals surface area contributed by atoms with E-state index in [2.05, 4.69) is 10.6 Å². The zero-order valence-electron chi connectivity index (χ0n) is 15.5. The zero-order chi connectivity index (χ0) is 21.2. The number of hydrogen-bond acceptors (Lipinski definition) is 3. The number of rotatable bonds is 3. The maximum absolute atomic E-state index is 12.8. The smallest absolute Gasteiger partial charge is 0.318 e. The van der Waals surface area contributed by atoms with Gasteiger partial charge in [0, 0.05) is 30.0 Å². The number of hydrogen-bond donors (Lipinski definition) is 2. The molecule has 1 aliphatic heterocycles. The van der Waals surface area contributed by atoms with Crippen LogP contribution in [0.25, 0.3) is 0 Å². The van der Waals surface area contributed by atoms with Crippen LogP contribution in [0.4, 0.5) is 30.2 Å². The van der Waals surface area contributed by atoms with Crippen molar-refractivity contribution in [2.45, 2.75) is 25.9 Å². The minimum absolute atomic E-state index is 0.0149. The van der Waals surface area contributed by atoms with Crippen LogP contribution >= 0.6 is 0 Å². The third-order valence-electron chi connectivity index (χ3n) is 4.49. The summed E-state index contributed by atoms with van der Waals surface area (Å²) in [4.78, 5) is 37.8. The van der Waals surface area contributed by atoms with E-state index in [1.807, 2.05) is 6.92 Å². The van der Waals surface area contributed by atoms with E-state index < -0.39 is 23.6 Å². The molecule has 2 aromatic carbocycles. The second-order valence-electron chi connectivity index (χ2n) is 6.64. The van der Waals surface area contributed by atoms with Gasteiger partial charge in [-0.1, -0.05) is 12.1 Å². The van der Waals surface area contributed by atoms with Crippen LogP contribution < -0.4 is 15.5 Å². The first-order valence-corrected chi connectivity index (χ1v) is 8.86. The summed E-state index contributed by atoms with van der Waals surface area (Å²) < 4.78 is 38.3. The summed E-state index contributed by atoms with van der Waals surface area (Å²) in [6.07, 6.45) is -3.36. The lowest BCUT2D eigenvalue weighted by Crippen LogP contribution is -2.29. The number of nitrogens with one attached hydrogen (secondary N) is 2. The van der Waals surface area contributed by atoms with Crippen molar-refractivity contribution in [2.75, 3.05) is 22.1 Å². The Morgan fingerprint density at radius 3 is 2.24 bits per heavy atom. The summed E-state index contributed by atoms with van der Waals surface area (Å²) in [7, 11) is 0. The van der Waals surface area contributed by atoms with Gasteiger partial charge in [0.25, 0.3) is 0 Å². The normalized spacial score (nSPS) is 14.1. The van der Waals surface area contributed by atoms with Crippen LogP contribution in [0, 0.1) is 6.92 Å². The third-order valence-corrected chi connectivity index (χ3v) is 4.49. The van der Waals surface area contributed by atoms with Crippen LogP contribution in [-0.4, -0.2) is 24.3 Å². The van der Waals surface area contributed by atoms with Crippen molar-refractivity contribution in [1.82, 2.24) is 0 Å². The van der Waals surface area contributed by atoms with Crippen molar-refractivity contribution < 1.29 is 27.6 Å². The maximum Gasteiger partial charge on any atom is 0.416 e. The molecule has 0 atom stereocenters. The highest BCUT2D eigenvalue weighted by molar-refractivity contribution is 6.43. The van der Waals surface area contributed by atoms with Gasteiger partial charge >= 0.3 is 18.0 Å². The third kappa shape index (κ3) is 4.74. The van der Waals surface area contributed by atoms with Crippen molar-refractivity contribution in [2.24, 2.45) is 0 Å². The summed E-state index contributed by atoms with van der Waals surface area (Å²) >= 11 is 0. The molecule has 0 bridgehead atoms. The molecule has 29 heavy (non-hydrogen) atoms. The predicted octanol–water partition coefficient (Wildman–Crippen LogP) is 3.72. The largest absolute Gasteiger partial charge is 0.416 e. The van der Waals surface area contributed by atoms with Crippen LogP contribution in [0.15, 0.2) is 42.5 Å². The van der Waals surface area contributed by atoms with Crippen molar-refractivity contribution >= 4 is 34.8 Å². The first kappa shape index (κ1) is 20.4. The molecule has 2 aromatic rings. The fraction of sp³-hybridized carbons (Fsp3) is 0.250. The number of halogens is 3. The van der Waals surface area contributed by atoms with Crippen LogP contribution in [0.2, 0.25) is 0 Å². The quantitative estimate of drug-likeness (QED) is 0.764. The molecule has 0 aromatic heterocycles. The maximum atomic E-state index is 12.8. The Kier molecular flexibility index (Phi) is 5.58. The monoisotopic (exact) mass is 405 g/mol. The van der Waals surface area contributed by atoms with Crippen molar-refractivity contribution in [3.05, 3.63) is 53.6 Å². The van der Waals surface area contributed by atoms with E-state index in [0.717, 1.165) is 30.2 Å². The summed E-state index contributed by atoms with van der Waals surface area (Å²) in [5.74, 6) is -2.16. The van der Waals surface area contributed by atoms with Gasteiger partial charge in [-0.25, -0.2) is 0 Å². The highest BCUT2D eigenvalue weighted by Gasteiger charge is 2.30. The number of alkyl halides is 3. The average Bonchev–Trinajstić information content (AvgIpc) is 3.08. The molecule has 1 fully saturated rings. The molecular formula is C20H18F3N3O3. The van der Waals surface area contributed by atoms with Crippen molar-refractivity contribution in [3.8, 4) is 0 Å². The molecule has 1 saturated heterocycles. The van der Waals surface area contributed by atoms with E-state index in [9.17, 15) is 27.6 Å². The summed E-state index contributed by atoms with van der Waals surface area (Å²) in [6.45, 7) is 2.40. The van der Waals surface area contributed by atoms with E-state index >= 15 is 0 Å². The Balaban J connectivity index is 1.70. The molecule has 0 spiro atoms. The topological polar surface area (TPSA) is 78.5 Å². The molecule has 3 rings (SSSR count). The van der Waals surface area contributed by atoms with E-state index in [0.29, 0.717) is 24.3 Å². The second kappa shape index (κ2) is 7.94. The predicted molar refractivity (Wildman–Crippen MR) is 101 cm³/mol. The van der Waals surface area contributed by atoms with Gasteiger partial charge in [0.2, 0.25) is 5.91 Å². The first-order valence-electron chi connectivity index (χ1n) is 8.86. The lowest BCUT2D eigenvalue weighted by Gasteiger charge is -2.19. The second-order valence-corrected chi connectivity index (χ2v) is 6.64. The van der Waals surface area contributed by atoms with Gasteiger partial charge < -0.3 is 15.5 Å². The van der Waals surface area contributed by atoms with E-state index in [4.69, 9.17) is 0 Å². The molecule has 0 saturated carbocycles. The van der Waals surface area contributed by atoms with Crippen LogP contribution in [0.1, 0.15) is 24.0 Å². The first-order chi connectivity index (χ1) is 13.6. The summed E-state index contributed by atoms with van der Waals surface area (Å²) in [6, 6.07) is 8.88. The van der Waals surface area contributed by atoms with Gasteiger partial charge in [0.05, 0.1) is 5.56 Å². The number of carbonyl (C=O) groups excluding carboxylic acids is 3. The SMILES string of the molecule is Cc1ccc(NC(=O)C(=O)Nc2cccc(C(F)(F)F)c2)cc1N1CCCC1=O. The average molecular weight is 405 g/mol. The standard InChI is InChI=1S/C20H18F3N3O3/c1-12-7-8-15(11-16(12)26-9-3-6-17(26)27)25-19(29)18(28)24-14-5-2-4-13(10-14)20(21,22)23/h2,4-5,7-8,10-11H,3,6,9H2,1H3,(H,24,28)(H,25,29). The molecule has 0 radical (unpaired) electrons. The highest BCUT2D eigenvalue weighted by atomic mass is 19.4. The Morgan fingerprint density at radius 2 is 1.66 bits per heavy atom. The molecule has 3 amide bonds. The molecule has 9 heteroatoms. The van der Waals surface area contributed by atoms with E-state index in [1.54, 1.807) is 23.1 Å². The summed E-state index contributed by atoms with van der Waals surface area (Å²) in [5.41, 5.74) is 0.700. The number of aryl methyl sites for hydroxylation is 1. The lowest BCUT2D eigenvalue weighted by atomic mass is 10.1. The number of benzene rings is 2. The minimum atomic E-state index is -4.56. The van der Waals surface area contributed by atoms with Crippen molar-refractivity contribution in [3.63, 3.8) is 0 Å². The molecule has 2 N–H and O–H groups in total. The minimum Gasteiger partial charge on any atom is -0.318 e. The zero-order valence-corrected chi connectivity index (χ0v) is 15.5. The fourth-order valence-corrected chi connectivity index (χ4v) is 3.03. The molecule has 0 unspecified atom stereocenters. The molecule has 6 nitrogen and oxygen atoms in total. The lowest BCUT2D eigenvalue weighted by molar-refractivity contribution is -0.137. The molecule has 152 valence electrons. The molecule has 1 heterocycles. The Hall–Kier alpha value is -3.36. The highest BCUT2D eigenvalue weighted by Crippen LogP contribution is 2.31. The molecule has 1 aliphatic rings. The van der Waals surface area contributed by atoms with Gasteiger partial charge in [0.15, 0.2) is 0 Å². The van der Waals surface area contributed by atoms with E-state index in [1.165, 1.54) is 6.07 Å². The van der Waals surface area contributed by atoms with Gasteiger partial charge in [-0.15, -0.1) is 0 Å². The molecule has 0 aliphatic carbocycles. The summed E-state index contributed by atoms with van der Waals surface area (Å²) in [5, 5.41) is 4.55. The Bertz CT molecular complexity index is 973. The van der Waals surface area contributed by atoms with Crippen molar-refractivity contribution in [1.29, 1.82) is 0 Å². The number of carbonyl (C=O) groups is 3. The van der Waals surface area contributed by atoms with Crippen LogP contribution in [0.3, 0.4) is 0 Å². The number of nitrogens with zero attached hydrogens (tertiary/aromatic N) is 1.